The van der Waals surface area contributed by atoms with Crippen LogP contribution in [-0.4, -0.2) is 60.4 Å². The summed E-state index contributed by atoms with van der Waals surface area (Å²) in [6.45, 7) is 5.18. The molecule has 0 radical (unpaired) electrons. The van der Waals surface area contributed by atoms with E-state index in [1.54, 1.807) is 18.3 Å². The van der Waals surface area contributed by atoms with Gasteiger partial charge in [0, 0.05) is 54.0 Å². The highest BCUT2D eigenvalue weighted by molar-refractivity contribution is 5.99. The van der Waals surface area contributed by atoms with E-state index in [2.05, 4.69) is 32.5 Å². The number of hydrogen-bond donors (Lipinski definition) is 3. The summed E-state index contributed by atoms with van der Waals surface area (Å²) in [5.41, 5.74) is 8.96. The van der Waals surface area contributed by atoms with Gasteiger partial charge in [-0.15, -0.1) is 0 Å². The van der Waals surface area contributed by atoms with Crippen molar-refractivity contribution in [3.05, 3.63) is 35.9 Å². The molecule has 2 aliphatic heterocycles. The fourth-order valence-electron chi connectivity index (χ4n) is 5.69. The van der Waals surface area contributed by atoms with Crippen LogP contribution in [0.2, 0.25) is 0 Å². The molecule has 0 unspecified atom stereocenters. The van der Waals surface area contributed by atoms with Crippen molar-refractivity contribution in [2.45, 2.75) is 25.9 Å². The number of nitrogen functional groups attached to an aromatic ring is 1. The van der Waals surface area contributed by atoms with Crippen molar-refractivity contribution in [1.29, 1.82) is 0 Å². The molecule has 4 N–H and O–H groups in total. The summed E-state index contributed by atoms with van der Waals surface area (Å²) in [7, 11) is 2.09. The Bertz CT molecular complexity index is 1350. The molecular formula is C25H27FN6O3. The first kappa shape index (κ1) is 21.8. The largest absolute Gasteiger partial charge is 0.474 e. The number of carbonyl (C=O) groups excluding carboxylic acids is 1. The second-order valence-electron chi connectivity index (χ2n) is 9.93. The van der Waals surface area contributed by atoms with Crippen molar-refractivity contribution >= 4 is 34.1 Å². The number of carbonyl (C=O) groups is 1. The molecular weight excluding hydrogens is 451 g/mol. The number of aromatic nitrogens is 2. The molecule has 35 heavy (non-hydrogen) atoms. The molecule has 1 aromatic carbocycles. The highest BCUT2D eigenvalue weighted by Gasteiger charge is 2.52. The minimum absolute atomic E-state index is 0.00862. The van der Waals surface area contributed by atoms with Gasteiger partial charge in [-0.05, 0) is 49.9 Å². The molecule has 0 bridgehead atoms. The molecule has 0 atom stereocenters. The minimum atomic E-state index is -0.541. The van der Waals surface area contributed by atoms with E-state index in [1.807, 2.05) is 6.92 Å². The first-order chi connectivity index (χ1) is 16.8. The zero-order chi connectivity index (χ0) is 24.3. The number of ether oxygens (including phenoxy) is 2. The highest BCUT2D eigenvalue weighted by Crippen LogP contribution is 2.49. The summed E-state index contributed by atoms with van der Waals surface area (Å²) in [4.78, 5) is 23.3. The highest BCUT2D eigenvalue weighted by atomic mass is 19.1. The summed E-state index contributed by atoms with van der Waals surface area (Å²) < 4.78 is 26.5. The van der Waals surface area contributed by atoms with E-state index >= 15 is 4.39 Å². The van der Waals surface area contributed by atoms with E-state index in [0.29, 0.717) is 52.2 Å². The fourth-order valence-corrected chi connectivity index (χ4v) is 5.69. The number of benzene rings is 1. The SMILES string of the molecule is Cc1c(-c2cc3cc(NC(=O)OC4CC5(C4)CN(C)C5)ncc3c(N)c2F)cnc2c1NCCO2. The lowest BCUT2D eigenvalue weighted by Crippen LogP contribution is -2.62. The van der Waals surface area contributed by atoms with Gasteiger partial charge in [0.25, 0.3) is 0 Å². The molecule has 1 amide bonds. The molecule has 1 saturated carbocycles. The van der Waals surface area contributed by atoms with E-state index in [1.165, 1.54) is 6.20 Å². The number of hydrogen-bond acceptors (Lipinski definition) is 8. The molecule has 2 fully saturated rings. The van der Waals surface area contributed by atoms with Gasteiger partial charge in [0.2, 0.25) is 5.88 Å². The first-order valence-corrected chi connectivity index (χ1v) is 11.7. The smallest absolute Gasteiger partial charge is 0.413 e. The second-order valence-corrected chi connectivity index (χ2v) is 9.93. The summed E-state index contributed by atoms with van der Waals surface area (Å²) in [6.07, 6.45) is 4.22. The van der Waals surface area contributed by atoms with E-state index in [9.17, 15) is 4.79 Å². The quantitative estimate of drug-likeness (QED) is 0.488. The first-order valence-electron chi connectivity index (χ1n) is 11.7. The molecule has 10 heteroatoms. The summed E-state index contributed by atoms with van der Waals surface area (Å²) in [5, 5.41) is 7.07. The summed E-state index contributed by atoms with van der Waals surface area (Å²) >= 11 is 0. The number of nitrogens with one attached hydrogen (secondary N) is 2. The Morgan fingerprint density at radius 3 is 2.86 bits per heavy atom. The molecule has 1 aliphatic carbocycles. The van der Waals surface area contributed by atoms with E-state index < -0.39 is 11.9 Å². The average molecular weight is 479 g/mol. The van der Waals surface area contributed by atoms with E-state index in [0.717, 1.165) is 37.2 Å². The molecule has 3 aliphatic rings. The number of rotatable bonds is 3. The standard InChI is InChI=1S/C25H27FN6O3/c1-13-17(9-30-23-22(13)28-3-4-34-23)16-5-14-6-19(29-10-18(14)21(27)20(16)26)31-24(33)35-15-7-25(8-15)11-32(2)12-25/h5-6,9-10,15,28H,3-4,7-8,11-12,27H2,1-2H3,(H,29,31,33). The van der Waals surface area contributed by atoms with Crippen molar-refractivity contribution in [2.24, 2.45) is 5.41 Å². The molecule has 1 spiro atoms. The van der Waals surface area contributed by atoms with Crippen LogP contribution in [0.3, 0.4) is 0 Å². The van der Waals surface area contributed by atoms with Crippen LogP contribution >= 0.6 is 0 Å². The number of amides is 1. The molecule has 4 heterocycles. The number of halogens is 1. The topological polar surface area (TPSA) is 115 Å². The number of anilines is 3. The van der Waals surface area contributed by atoms with Gasteiger partial charge in [0.05, 0.1) is 5.69 Å². The number of likely N-dealkylation sites (tertiary alicyclic amines) is 1. The van der Waals surface area contributed by atoms with E-state index in [-0.39, 0.29) is 11.8 Å². The van der Waals surface area contributed by atoms with Crippen LogP contribution in [0.15, 0.2) is 24.5 Å². The van der Waals surface area contributed by atoms with Crippen LogP contribution in [0.25, 0.3) is 21.9 Å². The Balaban J connectivity index is 1.25. The summed E-state index contributed by atoms with van der Waals surface area (Å²) in [6, 6.07) is 3.36. The van der Waals surface area contributed by atoms with Gasteiger partial charge in [-0.1, -0.05) is 0 Å². The predicted molar refractivity (Wildman–Crippen MR) is 131 cm³/mol. The Hall–Kier alpha value is -3.66. The minimum Gasteiger partial charge on any atom is -0.474 e. The molecule has 9 nitrogen and oxygen atoms in total. The third-order valence-corrected chi connectivity index (χ3v) is 7.27. The van der Waals surface area contributed by atoms with Gasteiger partial charge >= 0.3 is 6.09 Å². The Morgan fingerprint density at radius 2 is 2.09 bits per heavy atom. The lowest BCUT2D eigenvalue weighted by atomic mass is 9.62. The lowest BCUT2D eigenvalue weighted by molar-refractivity contribution is -0.119. The Labute approximate surface area is 201 Å². The van der Waals surface area contributed by atoms with Crippen LogP contribution in [0.1, 0.15) is 18.4 Å². The number of pyridine rings is 2. The van der Waals surface area contributed by atoms with Crippen LogP contribution in [0.5, 0.6) is 5.88 Å². The Morgan fingerprint density at radius 1 is 1.29 bits per heavy atom. The number of nitrogens with two attached hydrogens (primary N) is 1. The molecule has 3 aromatic rings. The summed E-state index contributed by atoms with van der Waals surface area (Å²) in [5.74, 6) is 0.274. The maximum Gasteiger partial charge on any atom is 0.413 e. The number of nitrogens with zero attached hydrogens (tertiary/aromatic N) is 3. The molecule has 6 rings (SSSR count). The monoisotopic (exact) mass is 478 g/mol. The lowest BCUT2D eigenvalue weighted by Gasteiger charge is -2.57. The van der Waals surface area contributed by atoms with Gasteiger partial charge in [0.15, 0.2) is 5.82 Å². The average Bonchev–Trinajstić information content (AvgIpc) is 2.80. The van der Waals surface area contributed by atoms with Gasteiger partial charge < -0.3 is 25.4 Å². The van der Waals surface area contributed by atoms with Gasteiger partial charge in [-0.25, -0.2) is 19.2 Å². The van der Waals surface area contributed by atoms with Crippen LogP contribution in [0, 0.1) is 18.2 Å². The molecule has 1 saturated heterocycles. The fraction of sp³-hybridized carbons (Fsp3) is 0.400. The van der Waals surface area contributed by atoms with Crippen molar-refractivity contribution in [1.82, 2.24) is 14.9 Å². The zero-order valence-electron chi connectivity index (χ0n) is 19.7. The Kier molecular flexibility index (Phi) is 4.96. The predicted octanol–water partition coefficient (Wildman–Crippen LogP) is 3.77. The number of fused-ring (bicyclic) bond motifs is 2. The zero-order valence-corrected chi connectivity index (χ0v) is 19.7. The van der Waals surface area contributed by atoms with Crippen molar-refractivity contribution in [3.8, 4) is 17.0 Å². The third kappa shape index (κ3) is 3.68. The molecule has 2 aromatic heterocycles. The van der Waals surface area contributed by atoms with Gasteiger partial charge in [-0.3, -0.25) is 5.32 Å². The maximum absolute atomic E-state index is 15.3. The van der Waals surface area contributed by atoms with Gasteiger partial charge in [0.1, 0.15) is 24.2 Å². The van der Waals surface area contributed by atoms with Crippen molar-refractivity contribution in [2.75, 3.05) is 49.7 Å². The van der Waals surface area contributed by atoms with Gasteiger partial charge in [-0.2, -0.15) is 0 Å². The third-order valence-electron chi connectivity index (χ3n) is 7.27. The van der Waals surface area contributed by atoms with E-state index in [4.69, 9.17) is 15.2 Å². The van der Waals surface area contributed by atoms with Crippen LogP contribution in [-0.2, 0) is 4.74 Å². The molecule has 182 valence electrons. The normalized spacial score (nSPS) is 18.7. The second kappa shape index (κ2) is 7.94. The maximum atomic E-state index is 15.3. The van der Waals surface area contributed by atoms with Crippen molar-refractivity contribution in [3.63, 3.8) is 0 Å². The van der Waals surface area contributed by atoms with Crippen LogP contribution in [0.4, 0.5) is 26.4 Å². The van der Waals surface area contributed by atoms with Crippen LogP contribution < -0.4 is 21.1 Å². The van der Waals surface area contributed by atoms with Crippen molar-refractivity contribution < 1.29 is 18.7 Å².